The van der Waals surface area contributed by atoms with Crippen LogP contribution in [0.3, 0.4) is 0 Å². The largest absolute Gasteiger partial charge is 0.346 e. The first-order valence-electron chi connectivity index (χ1n) is 8.61. The molecule has 29 heavy (non-hydrogen) atoms. The van der Waals surface area contributed by atoms with Gasteiger partial charge >= 0.3 is 0 Å². The molecule has 0 bridgehead atoms. The van der Waals surface area contributed by atoms with Gasteiger partial charge in [-0.05, 0) is 29.8 Å². The standard InChI is InChI=1S/C19H19N5O4S/c1-13(25)22-15-7-9-16(10-8-15)29(27,28)24-17-12-21-23-18(17)19(26)20-11-14-5-3-2-4-6-14/h2-10,12,24H,11H2,1H3,(H,20,26)(H,21,23)(H,22,25). The summed E-state index contributed by atoms with van der Waals surface area (Å²) in [7, 11) is -3.95. The number of nitrogens with one attached hydrogen (secondary N) is 4. The molecule has 0 saturated carbocycles. The zero-order valence-corrected chi connectivity index (χ0v) is 16.3. The maximum atomic E-state index is 12.6. The molecule has 0 aliphatic rings. The topological polar surface area (TPSA) is 133 Å². The summed E-state index contributed by atoms with van der Waals surface area (Å²) in [4.78, 5) is 23.4. The maximum absolute atomic E-state index is 12.6. The number of benzene rings is 2. The first kappa shape index (κ1) is 20.1. The monoisotopic (exact) mass is 413 g/mol. The number of H-pyrrole nitrogens is 1. The van der Waals surface area contributed by atoms with Crippen molar-refractivity contribution in [1.82, 2.24) is 15.5 Å². The van der Waals surface area contributed by atoms with Gasteiger partial charge in [0.25, 0.3) is 15.9 Å². The van der Waals surface area contributed by atoms with Gasteiger partial charge in [-0.2, -0.15) is 5.10 Å². The Balaban J connectivity index is 1.71. The van der Waals surface area contributed by atoms with Crippen LogP contribution in [0.5, 0.6) is 0 Å². The molecule has 0 saturated heterocycles. The Hall–Kier alpha value is -3.66. The average molecular weight is 413 g/mol. The van der Waals surface area contributed by atoms with Gasteiger partial charge in [0.1, 0.15) is 0 Å². The molecular formula is C19H19N5O4S. The lowest BCUT2D eigenvalue weighted by Gasteiger charge is -2.09. The summed E-state index contributed by atoms with van der Waals surface area (Å²) in [5.41, 5.74) is 1.33. The van der Waals surface area contributed by atoms with Crippen molar-refractivity contribution in [1.29, 1.82) is 0 Å². The van der Waals surface area contributed by atoms with Crippen molar-refractivity contribution < 1.29 is 18.0 Å². The molecule has 3 aromatic rings. The van der Waals surface area contributed by atoms with Gasteiger partial charge in [0.2, 0.25) is 5.91 Å². The predicted molar refractivity (Wildman–Crippen MR) is 108 cm³/mol. The number of sulfonamides is 1. The summed E-state index contributed by atoms with van der Waals surface area (Å²) < 4.78 is 27.6. The van der Waals surface area contributed by atoms with Gasteiger partial charge in [0.05, 0.1) is 10.6 Å². The van der Waals surface area contributed by atoms with E-state index in [2.05, 4.69) is 25.6 Å². The molecule has 10 heteroatoms. The molecule has 0 unspecified atom stereocenters. The van der Waals surface area contributed by atoms with Gasteiger partial charge in [-0.1, -0.05) is 30.3 Å². The minimum absolute atomic E-state index is 0.0246. The molecule has 150 valence electrons. The number of amides is 2. The van der Waals surface area contributed by atoms with Gasteiger partial charge in [-0.3, -0.25) is 19.4 Å². The normalized spacial score (nSPS) is 10.9. The van der Waals surface area contributed by atoms with Crippen LogP contribution < -0.4 is 15.4 Å². The van der Waals surface area contributed by atoms with Crippen molar-refractivity contribution >= 4 is 33.2 Å². The molecule has 1 aromatic heterocycles. The van der Waals surface area contributed by atoms with E-state index in [9.17, 15) is 18.0 Å². The molecule has 2 aromatic carbocycles. The second-order valence-corrected chi connectivity index (χ2v) is 7.81. The highest BCUT2D eigenvalue weighted by molar-refractivity contribution is 7.92. The Labute approximate surface area is 167 Å². The number of hydrogen-bond donors (Lipinski definition) is 4. The Morgan fingerprint density at radius 1 is 1.03 bits per heavy atom. The summed E-state index contributed by atoms with van der Waals surface area (Å²) in [5, 5.41) is 11.6. The number of aromatic amines is 1. The summed E-state index contributed by atoms with van der Waals surface area (Å²) in [6.07, 6.45) is 1.29. The molecule has 0 aliphatic carbocycles. The predicted octanol–water partition coefficient (Wildman–Crippen LogP) is 2.10. The molecule has 0 aliphatic heterocycles. The second kappa shape index (κ2) is 8.57. The second-order valence-electron chi connectivity index (χ2n) is 6.13. The fraction of sp³-hybridized carbons (Fsp3) is 0.105. The Morgan fingerprint density at radius 2 is 1.72 bits per heavy atom. The first-order valence-corrected chi connectivity index (χ1v) is 10.1. The van der Waals surface area contributed by atoms with Crippen LogP contribution >= 0.6 is 0 Å². The summed E-state index contributed by atoms with van der Waals surface area (Å²) in [6, 6.07) is 14.9. The highest BCUT2D eigenvalue weighted by atomic mass is 32.2. The molecule has 0 atom stereocenters. The Kier molecular flexibility index (Phi) is 5.93. The van der Waals surface area contributed by atoms with Crippen molar-refractivity contribution in [2.75, 3.05) is 10.0 Å². The zero-order chi connectivity index (χ0) is 20.9. The molecule has 9 nitrogen and oxygen atoms in total. The fourth-order valence-electron chi connectivity index (χ4n) is 2.53. The van der Waals surface area contributed by atoms with Crippen LogP contribution in [0.2, 0.25) is 0 Å². The van der Waals surface area contributed by atoms with E-state index in [1.807, 2.05) is 30.3 Å². The maximum Gasteiger partial charge on any atom is 0.274 e. The van der Waals surface area contributed by atoms with Crippen molar-refractivity contribution in [2.24, 2.45) is 0 Å². The molecule has 4 N–H and O–H groups in total. The summed E-state index contributed by atoms with van der Waals surface area (Å²) in [6.45, 7) is 1.64. The summed E-state index contributed by atoms with van der Waals surface area (Å²) in [5.74, 6) is -0.780. The van der Waals surface area contributed by atoms with Crippen LogP contribution in [0.1, 0.15) is 23.0 Å². The zero-order valence-electron chi connectivity index (χ0n) is 15.5. The van der Waals surface area contributed by atoms with Crippen LogP contribution in [-0.2, 0) is 21.4 Å². The van der Waals surface area contributed by atoms with E-state index < -0.39 is 15.9 Å². The smallest absolute Gasteiger partial charge is 0.274 e. The third kappa shape index (κ3) is 5.20. The van der Waals surface area contributed by atoms with Gasteiger partial charge < -0.3 is 10.6 Å². The van der Waals surface area contributed by atoms with Gasteiger partial charge in [-0.25, -0.2) is 8.42 Å². The molecule has 1 heterocycles. The fourth-order valence-corrected chi connectivity index (χ4v) is 3.58. The van der Waals surface area contributed by atoms with E-state index in [-0.39, 0.29) is 28.7 Å². The third-order valence-corrected chi connectivity index (χ3v) is 5.26. The highest BCUT2D eigenvalue weighted by Gasteiger charge is 2.21. The van der Waals surface area contributed by atoms with Gasteiger partial charge in [-0.15, -0.1) is 0 Å². The van der Waals surface area contributed by atoms with Crippen molar-refractivity contribution in [3.8, 4) is 0 Å². The number of nitrogens with zero attached hydrogens (tertiary/aromatic N) is 1. The lowest BCUT2D eigenvalue weighted by molar-refractivity contribution is -0.114. The first-order chi connectivity index (χ1) is 13.8. The van der Waals surface area contributed by atoms with Crippen LogP contribution in [0.25, 0.3) is 0 Å². The van der Waals surface area contributed by atoms with Crippen LogP contribution in [-0.4, -0.2) is 30.4 Å². The van der Waals surface area contributed by atoms with Crippen LogP contribution in [0.4, 0.5) is 11.4 Å². The van der Waals surface area contributed by atoms with E-state index in [0.717, 1.165) is 5.56 Å². The number of anilines is 2. The van der Waals surface area contributed by atoms with Crippen LogP contribution in [0, 0.1) is 0 Å². The van der Waals surface area contributed by atoms with E-state index in [0.29, 0.717) is 5.69 Å². The molecular weight excluding hydrogens is 394 g/mol. The van der Waals surface area contributed by atoms with Crippen LogP contribution in [0.15, 0.2) is 65.7 Å². The Morgan fingerprint density at radius 3 is 2.38 bits per heavy atom. The van der Waals surface area contributed by atoms with E-state index >= 15 is 0 Å². The Bertz CT molecular complexity index is 1110. The lowest BCUT2D eigenvalue weighted by Crippen LogP contribution is -2.25. The summed E-state index contributed by atoms with van der Waals surface area (Å²) >= 11 is 0. The quantitative estimate of drug-likeness (QED) is 0.471. The highest BCUT2D eigenvalue weighted by Crippen LogP contribution is 2.20. The van der Waals surface area contributed by atoms with Crippen molar-refractivity contribution in [3.63, 3.8) is 0 Å². The van der Waals surface area contributed by atoms with Crippen molar-refractivity contribution in [3.05, 3.63) is 72.1 Å². The number of hydrogen-bond acceptors (Lipinski definition) is 5. The minimum atomic E-state index is -3.95. The molecule has 3 rings (SSSR count). The number of rotatable bonds is 7. The van der Waals surface area contributed by atoms with E-state index in [4.69, 9.17) is 0 Å². The molecule has 0 fully saturated rings. The van der Waals surface area contributed by atoms with Gasteiger partial charge in [0, 0.05) is 25.4 Å². The lowest BCUT2D eigenvalue weighted by atomic mass is 10.2. The van der Waals surface area contributed by atoms with E-state index in [1.165, 1.54) is 37.4 Å². The van der Waals surface area contributed by atoms with Crippen molar-refractivity contribution in [2.45, 2.75) is 18.4 Å². The molecule has 2 amide bonds. The average Bonchev–Trinajstić information content (AvgIpc) is 3.14. The van der Waals surface area contributed by atoms with Gasteiger partial charge in [0.15, 0.2) is 5.69 Å². The molecule has 0 spiro atoms. The SMILES string of the molecule is CC(=O)Nc1ccc(S(=O)(=O)Nc2c[nH]nc2C(=O)NCc2ccccc2)cc1. The number of aromatic nitrogens is 2. The third-order valence-electron chi connectivity index (χ3n) is 3.88. The minimum Gasteiger partial charge on any atom is -0.346 e. The van der Waals surface area contributed by atoms with E-state index in [1.54, 1.807) is 0 Å². The number of carbonyl (C=O) groups excluding carboxylic acids is 2. The molecule has 0 radical (unpaired) electrons. The number of carbonyl (C=O) groups is 2.